The monoisotopic (exact) mass is 310 g/mol. The number of hydrogen-bond acceptors (Lipinski definition) is 2. The fourth-order valence-corrected chi connectivity index (χ4v) is 3.06. The van der Waals surface area contributed by atoms with E-state index >= 15 is 0 Å². The Hall–Kier alpha value is -2.49. The molecule has 0 aliphatic heterocycles. The molecular weight excluding hydrogens is 288 g/mol. The van der Waals surface area contributed by atoms with Crippen LogP contribution in [0.2, 0.25) is 0 Å². The van der Waals surface area contributed by atoms with E-state index in [1.165, 1.54) is 0 Å². The summed E-state index contributed by atoms with van der Waals surface area (Å²) in [5, 5.41) is 6.08. The van der Waals surface area contributed by atoms with E-state index in [-0.39, 0.29) is 11.6 Å². The van der Waals surface area contributed by atoms with Crippen LogP contribution in [0, 0.1) is 6.92 Å². The third kappa shape index (κ3) is 3.16. The number of nitrogens with one attached hydrogen (secondary N) is 2. The molecule has 0 unspecified atom stereocenters. The molecule has 0 heterocycles. The highest BCUT2D eigenvalue weighted by Crippen LogP contribution is 2.41. The van der Waals surface area contributed by atoms with Gasteiger partial charge in [0.05, 0.1) is 18.3 Å². The summed E-state index contributed by atoms with van der Waals surface area (Å²) in [6, 6.07) is 15.7. The number of aryl methyl sites for hydroxylation is 1. The van der Waals surface area contributed by atoms with Gasteiger partial charge in [-0.05, 0) is 49.4 Å². The van der Waals surface area contributed by atoms with Gasteiger partial charge in [-0.3, -0.25) is 0 Å². The van der Waals surface area contributed by atoms with Crippen molar-refractivity contribution in [2.75, 3.05) is 12.4 Å². The second-order valence-corrected chi connectivity index (χ2v) is 6.08. The zero-order valence-corrected chi connectivity index (χ0v) is 13.6. The van der Waals surface area contributed by atoms with Gasteiger partial charge in [-0.25, -0.2) is 4.79 Å². The van der Waals surface area contributed by atoms with E-state index in [0.717, 1.165) is 30.4 Å². The molecule has 0 aromatic heterocycles. The lowest BCUT2D eigenvalue weighted by Gasteiger charge is -2.43. The molecule has 1 saturated carbocycles. The average Bonchev–Trinajstić information content (AvgIpc) is 2.52. The first kappa shape index (κ1) is 15.4. The van der Waals surface area contributed by atoms with E-state index in [4.69, 9.17) is 4.74 Å². The van der Waals surface area contributed by atoms with Crippen LogP contribution < -0.4 is 15.4 Å². The Labute approximate surface area is 136 Å². The summed E-state index contributed by atoms with van der Waals surface area (Å²) in [7, 11) is 1.60. The van der Waals surface area contributed by atoms with Crippen molar-refractivity contribution in [1.82, 2.24) is 5.32 Å². The second-order valence-electron chi connectivity index (χ2n) is 6.08. The molecule has 4 heteroatoms. The van der Waals surface area contributed by atoms with Gasteiger partial charge in [-0.15, -0.1) is 0 Å². The third-order valence-corrected chi connectivity index (χ3v) is 4.49. The van der Waals surface area contributed by atoms with Crippen LogP contribution in [-0.2, 0) is 5.54 Å². The summed E-state index contributed by atoms with van der Waals surface area (Å²) >= 11 is 0. The van der Waals surface area contributed by atoms with Gasteiger partial charge in [0.15, 0.2) is 0 Å². The number of urea groups is 1. The summed E-state index contributed by atoms with van der Waals surface area (Å²) in [6.45, 7) is 1.99. The largest absolute Gasteiger partial charge is 0.495 e. The highest BCUT2D eigenvalue weighted by Gasteiger charge is 2.40. The van der Waals surface area contributed by atoms with Gasteiger partial charge in [0.2, 0.25) is 0 Å². The molecule has 1 aliphatic rings. The zero-order valence-electron chi connectivity index (χ0n) is 13.6. The van der Waals surface area contributed by atoms with E-state index in [1.54, 1.807) is 7.11 Å². The summed E-state index contributed by atoms with van der Waals surface area (Å²) < 4.78 is 5.31. The number of amides is 2. The smallest absolute Gasteiger partial charge is 0.320 e. The normalized spacial score (nSPS) is 15.4. The molecule has 120 valence electrons. The molecule has 0 atom stereocenters. The minimum absolute atomic E-state index is 0.197. The number of ether oxygens (including phenoxy) is 1. The predicted octanol–water partition coefficient (Wildman–Crippen LogP) is 4.20. The maximum Gasteiger partial charge on any atom is 0.320 e. The highest BCUT2D eigenvalue weighted by molar-refractivity contribution is 5.91. The SMILES string of the molecule is COc1ccc(C)cc1NC(=O)NC1(c2ccccc2)CCC1. The lowest BCUT2D eigenvalue weighted by Crippen LogP contribution is -2.52. The van der Waals surface area contributed by atoms with Crippen LogP contribution >= 0.6 is 0 Å². The molecular formula is C19H22N2O2. The van der Waals surface area contributed by atoms with Crippen LogP contribution in [-0.4, -0.2) is 13.1 Å². The van der Waals surface area contributed by atoms with Gasteiger partial charge < -0.3 is 15.4 Å². The molecule has 0 saturated heterocycles. The van der Waals surface area contributed by atoms with Crippen molar-refractivity contribution in [3.05, 3.63) is 59.7 Å². The van der Waals surface area contributed by atoms with Crippen LogP contribution in [0.25, 0.3) is 0 Å². The molecule has 3 rings (SSSR count). The fourth-order valence-electron chi connectivity index (χ4n) is 3.06. The van der Waals surface area contributed by atoms with Crippen molar-refractivity contribution >= 4 is 11.7 Å². The topological polar surface area (TPSA) is 50.4 Å². The van der Waals surface area contributed by atoms with E-state index in [2.05, 4.69) is 22.8 Å². The third-order valence-electron chi connectivity index (χ3n) is 4.49. The van der Waals surface area contributed by atoms with Crippen LogP contribution in [0.5, 0.6) is 5.75 Å². The summed E-state index contributed by atoms with van der Waals surface area (Å²) in [5.41, 5.74) is 2.68. The van der Waals surface area contributed by atoms with Crippen molar-refractivity contribution in [2.24, 2.45) is 0 Å². The number of hydrogen-bond donors (Lipinski definition) is 2. The van der Waals surface area contributed by atoms with Gasteiger partial charge in [-0.1, -0.05) is 36.4 Å². The summed E-state index contributed by atoms with van der Waals surface area (Å²) in [4.78, 5) is 12.5. The van der Waals surface area contributed by atoms with E-state index < -0.39 is 0 Å². The molecule has 2 aromatic carbocycles. The Morgan fingerprint density at radius 2 is 1.87 bits per heavy atom. The Kier molecular flexibility index (Phi) is 4.24. The lowest BCUT2D eigenvalue weighted by molar-refractivity contribution is 0.185. The van der Waals surface area contributed by atoms with E-state index in [9.17, 15) is 4.79 Å². The van der Waals surface area contributed by atoms with Crippen molar-refractivity contribution in [3.63, 3.8) is 0 Å². The molecule has 1 aliphatic carbocycles. The van der Waals surface area contributed by atoms with Crippen LogP contribution in [0.3, 0.4) is 0 Å². The molecule has 23 heavy (non-hydrogen) atoms. The molecule has 4 nitrogen and oxygen atoms in total. The van der Waals surface area contributed by atoms with Crippen LogP contribution in [0.15, 0.2) is 48.5 Å². The maximum atomic E-state index is 12.5. The molecule has 2 amide bonds. The first-order valence-electron chi connectivity index (χ1n) is 7.92. The highest BCUT2D eigenvalue weighted by atomic mass is 16.5. The second kappa shape index (κ2) is 6.32. The summed E-state index contributed by atoms with van der Waals surface area (Å²) in [6.07, 6.45) is 3.06. The van der Waals surface area contributed by atoms with Crippen molar-refractivity contribution in [2.45, 2.75) is 31.7 Å². The first-order valence-corrected chi connectivity index (χ1v) is 7.92. The standard InChI is InChI=1S/C19H22N2O2/c1-14-9-10-17(23-2)16(13-14)20-18(22)21-19(11-6-12-19)15-7-4-3-5-8-15/h3-5,7-10,13H,6,11-12H2,1-2H3,(H2,20,21,22). The van der Waals surface area contributed by atoms with E-state index in [0.29, 0.717) is 11.4 Å². The van der Waals surface area contributed by atoms with Gasteiger partial charge in [0.1, 0.15) is 5.75 Å². The number of rotatable bonds is 4. The van der Waals surface area contributed by atoms with Gasteiger partial charge >= 0.3 is 6.03 Å². The number of carbonyl (C=O) groups is 1. The molecule has 0 bridgehead atoms. The quantitative estimate of drug-likeness (QED) is 0.889. The first-order chi connectivity index (χ1) is 11.1. The molecule has 0 spiro atoms. The fraction of sp³-hybridized carbons (Fsp3) is 0.316. The van der Waals surface area contributed by atoms with Gasteiger partial charge in [0.25, 0.3) is 0 Å². The Morgan fingerprint density at radius 3 is 2.48 bits per heavy atom. The maximum absolute atomic E-state index is 12.5. The Balaban J connectivity index is 1.76. The molecule has 0 radical (unpaired) electrons. The Bertz CT molecular complexity index is 694. The number of carbonyl (C=O) groups excluding carboxylic acids is 1. The van der Waals surface area contributed by atoms with Crippen molar-refractivity contribution in [1.29, 1.82) is 0 Å². The van der Waals surface area contributed by atoms with Gasteiger partial charge in [0, 0.05) is 0 Å². The van der Waals surface area contributed by atoms with Crippen LogP contribution in [0.4, 0.5) is 10.5 Å². The molecule has 2 aromatic rings. The zero-order chi connectivity index (χ0) is 16.3. The average molecular weight is 310 g/mol. The Morgan fingerprint density at radius 1 is 1.13 bits per heavy atom. The number of anilines is 1. The minimum atomic E-state index is -0.248. The number of benzene rings is 2. The van der Waals surface area contributed by atoms with E-state index in [1.807, 2.05) is 43.3 Å². The number of methoxy groups -OCH3 is 1. The predicted molar refractivity (Wildman–Crippen MR) is 91.9 cm³/mol. The van der Waals surface area contributed by atoms with Gasteiger partial charge in [-0.2, -0.15) is 0 Å². The molecule has 1 fully saturated rings. The molecule has 2 N–H and O–H groups in total. The minimum Gasteiger partial charge on any atom is -0.495 e. The van der Waals surface area contributed by atoms with Crippen molar-refractivity contribution in [3.8, 4) is 5.75 Å². The van der Waals surface area contributed by atoms with Crippen molar-refractivity contribution < 1.29 is 9.53 Å². The summed E-state index contributed by atoms with van der Waals surface area (Å²) in [5.74, 6) is 0.660. The van der Waals surface area contributed by atoms with Crippen LogP contribution in [0.1, 0.15) is 30.4 Å². The lowest BCUT2D eigenvalue weighted by atomic mass is 9.72.